The molecular weight excluding hydrogens is 210 g/mol. The summed E-state index contributed by atoms with van der Waals surface area (Å²) in [6, 6.07) is 6.53. The van der Waals surface area contributed by atoms with Crippen LogP contribution in [0.5, 0.6) is 5.75 Å². The molecular formula is C15H23NO. The zero-order chi connectivity index (χ0) is 12.3. The number of nitrogens with two attached hydrogens (primary N) is 1. The van der Waals surface area contributed by atoms with Crippen molar-refractivity contribution in [1.29, 1.82) is 0 Å². The van der Waals surface area contributed by atoms with Gasteiger partial charge in [-0.1, -0.05) is 30.5 Å². The SMILES string of the molecule is Cc1ccc(OC2CCCCCC2N)c(C)c1. The lowest BCUT2D eigenvalue weighted by Crippen LogP contribution is -2.38. The largest absolute Gasteiger partial charge is 0.489 e. The first-order valence-electron chi connectivity index (χ1n) is 6.66. The summed E-state index contributed by atoms with van der Waals surface area (Å²) in [6.45, 7) is 4.21. The molecule has 2 unspecified atom stereocenters. The Morgan fingerprint density at radius 2 is 1.88 bits per heavy atom. The van der Waals surface area contributed by atoms with Crippen molar-refractivity contribution in [3.05, 3.63) is 29.3 Å². The van der Waals surface area contributed by atoms with Crippen LogP contribution in [0.3, 0.4) is 0 Å². The Labute approximate surface area is 104 Å². The maximum absolute atomic E-state index is 6.18. The average molecular weight is 233 g/mol. The molecule has 1 saturated carbocycles. The number of benzene rings is 1. The maximum atomic E-state index is 6.18. The van der Waals surface area contributed by atoms with E-state index in [-0.39, 0.29) is 12.1 Å². The van der Waals surface area contributed by atoms with E-state index in [9.17, 15) is 0 Å². The molecule has 2 nitrogen and oxygen atoms in total. The van der Waals surface area contributed by atoms with Gasteiger partial charge < -0.3 is 10.5 Å². The normalized spacial score (nSPS) is 25.4. The summed E-state index contributed by atoms with van der Waals surface area (Å²) in [5.74, 6) is 0.998. The van der Waals surface area contributed by atoms with E-state index in [0.717, 1.165) is 18.6 Å². The van der Waals surface area contributed by atoms with Crippen molar-refractivity contribution in [3.8, 4) is 5.75 Å². The second-order valence-electron chi connectivity index (χ2n) is 5.23. The molecule has 0 saturated heterocycles. The Hall–Kier alpha value is -1.02. The van der Waals surface area contributed by atoms with Gasteiger partial charge in [-0.3, -0.25) is 0 Å². The minimum absolute atomic E-state index is 0.193. The molecule has 1 aromatic rings. The van der Waals surface area contributed by atoms with Gasteiger partial charge in [0.2, 0.25) is 0 Å². The van der Waals surface area contributed by atoms with Gasteiger partial charge in [0.1, 0.15) is 11.9 Å². The van der Waals surface area contributed by atoms with Gasteiger partial charge in [0.05, 0.1) is 0 Å². The Morgan fingerprint density at radius 1 is 1.12 bits per heavy atom. The maximum Gasteiger partial charge on any atom is 0.122 e. The van der Waals surface area contributed by atoms with Crippen LogP contribution in [0.15, 0.2) is 18.2 Å². The molecule has 0 amide bonds. The number of aryl methyl sites for hydroxylation is 2. The van der Waals surface area contributed by atoms with E-state index in [0.29, 0.717) is 0 Å². The molecule has 94 valence electrons. The van der Waals surface area contributed by atoms with Crippen LogP contribution in [-0.4, -0.2) is 12.1 Å². The lowest BCUT2D eigenvalue weighted by Gasteiger charge is -2.24. The Morgan fingerprint density at radius 3 is 2.65 bits per heavy atom. The van der Waals surface area contributed by atoms with Crippen molar-refractivity contribution < 1.29 is 4.74 Å². The lowest BCUT2D eigenvalue weighted by atomic mass is 10.1. The van der Waals surface area contributed by atoms with E-state index in [1.165, 1.54) is 30.4 Å². The van der Waals surface area contributed by atoms with E-state index in [2.05, 4.69) is 32.0 Å². The molecule has 1 fully saturated rings. The van der Waals surface area contributed by atoms with E-state index in [4.69, 9.17) is 10.5 Å². The highest BCUT2D eigenvalue weighted by Gasteiger charge is 2.22. The van der Waals surface area contributed by atoms with Crippen molar-refractivity contribution in [2.24, 2.45) is 5.73 Å². The Bertz CT molecular complexity index is 375. The van der Waals surface area contributed by atoms with E-state index >= 15 is 0 Å². The van der Waals surface area contributed by atoms with Crippen molar-refractivity contribution in [1.82, 2.24) is 0 Å². The Kier molecular flexibility index (Phi) is 4.06. The van der Waals surface area contributed by atoms with Crippen LogP contribution in [0.1, 0.15) is 43.2 Å². The fourth-order valence-corrected chi connectivity index (χ4v) is 2.54. The standard InChI is InChI=1S/C15H23NO/c1-11-8-9-14(12(2)10-11)17-15-7-5-3-4-6-13(15)16/h8-10,13,15H,3-7,16H2,1-2H3. The lowest BCUT2D eigenvalue weighted by molar-refractivity contribution is 0.161. The van der Waals surface area contributed by atoms with Gasteiger partial charge >= 0.3 is 0 Å². The highest BCUT2D eigenvalue weighted by Crippen LogP contribution is 2.25. The van der Waals surface area contributed by atoms with Gasteiger partial charge in [-0.2, -0.15) is 0 Å². The smallest absolute Gasteiger partial charge is 0.122 e. The minimum Gasteiger partial charge on any atom is -0.489 e. The summed E-state index contributed by atoms with van der Waals surface area (Å²) in [6.07, 6.45) is 6.15. The van der Waals surface area contributed by atoms with E-state index in [1.54, 1.807) is 0 Å². The van der Waals surface area contributed by atoms with Crippen LogP contribution in [-0.2, 0) is 0 Å². The van der Waals surface area contributed by atoms with Crippen LogP contribution in [0, 0.1) is 13.8 Å². The van der Waals surface area contributed by atoms with Gasteiger partial charge in [-0.05, 0) is 44.7 Å². The predicted molar refractivity (Wildman–Crippen MR) is 71.4 cm³/mol. The average Bonchev–Trinajstić information content (AvgIpc) is 2.48. The minimum atomic E-state index is 0.193. The molecule has 2 rings (SSSR count). The summed E-state index contributed by atoms with van der Waals surface area (Å²) in [4.78, 5) is 0. The molecule has 0 radical (unpaired) electrons. The molecule has 0 heterocycles. The zero-order valence-electron chi connectivity index (χ0n) is 10.9. The van der Waals surface area contributed by atoms with Crippen molar-refractivity contribution in [2.75, 3.05) is 0 Å². The number of rotatable bonds is 2. The number of ether oxygens (including phenoxy) is 1. The zero-order valence-corrected chi connectivity index (χ0v) is 10.9. The summed E-state index contributed by atoms with van der Waals surface area (Å²) >= 11 is 0. The van der Waals surface area contributed by atoms with Gasteiger partial charge in [-0.25, -0.2) is 0 Å². The molecule has 0 aromatic heterocycles. The van der Waals surface area contributed by atoms with Crippen LogP contribution in [0.25, 0.3) is 0 Å². The topological polar surface area (TPSA) is 35.2 Å². The van der Waals surface area contributed by atoms with Crippen LogP contribution in [0.4, 0.5) is 0 Å². The highest BCUT2D eigenvalue weighted by atomic mass is 16.5. The summed E-state index contributed by atoms with van der Waals surface area (Å²) in [5, 5.41) is 0. The number of hydrogen-bond acceptors (Lipinski definition) is 2. The molecule has 17 heavy (non-hydrogen) atoms. The van der Waals surface area contributed by atoms with Gasteiger partial charge in [0, 0.05) is 6.04 Å². The third-order valence-corrected chi connectivity index (χ3v) is 3.61. The summed E-state index contributed by atoms with van der Waals surface area (Å²) < 4.78 is 6.11. The molecule has 2 N–H and O–H groups in total. The van der Waals surface area contributed by atoms with Gasteiger partial charge in [0.15, 0.2) is 0 Å². The number of hydrogen-bond donors (Lipinski definition) is 1. The molecule has 0 spiro atoms. The predicted octanol–water partition coefficient (Wildman–Crippen LogP) is 3.34. The third kappa shape index (κ3) is 3.22. The molecule has 1 aromatic carbocycles. The second kappa shape index (κ2) is 5.54. The fraction of sp³-hybridized carbons (Fsp3) is 0.600. The molecule has 2 atom stereocenters. The molecule has 0 bridgehead atoms. The molecule has 1 aliphatic rings. The van der Waals surface area contributed by atoms with Crippen molar-refractivity contribution in [2.45, 2.75) is 58.1 Å². The highest BCUT2D eigenvalue weighted by molar-refractivity contribution is 5.35. The quantitative estimate of drug-likeness (QED) is 0.795. The molecule has 0 aliphatic heterocycles. The van der Waals surface area contributed by atoms with Crippen molar-refractivity contribution in [3.63, 3.8) is 0 Å². The first kappa shape index (κ1) is 12.4. The fourth-order valence-electron chi connectivity index (χ4n) is 2.54. The van der Waals surface area contributed by atoms with Crippen molar-refractivity contribution >= 4 is 0 Å². The van der Waals surface area contributed by atoms with Gasteiger partial charge in [-0.15, -0.1) is 0 Å². The van der Waals surface area contributed by atoms with Crippen LogP contribution in [0.2, 0.25) is 0 Å². The van der Waals surface area contributed by atoms with Crippen LogP contribution >= 0.6 is 0 Å². The first-order chi connectivity index (χ1) is 8.16. The van der Waals surface area contributed by atoms with Crippen LogP contribution < -0.4 is 10.5 Å². The monoisotopic (exact) mass is 233 g/mol. The summed E-state index contributed by atoms with van der Waals surface area (Å²) in [5.41, 5.74) is 8.67. The third-order valence-electron chi connectivity index (χ3n) is 3.61. The Balaban J connectivity index is 2.08. The van der Waals surface area contributed by atoms with E-state index in [1.807, 2.05) is 0 Å². The summed E-state index contributed by atoms with van der Waals surface area (Å²) in [7, 11) is 0. The van der Waals surface area contributed by atoms with Gasteiger partial charge in [0.25, 0.3) is 0 Å². The first-order valence-corrected chi connectivity index (χ1v) is 6.66. The second-order valence-corrected chi connectivity index (χ2v) is 5.23. The molecule has 1 aliphatic carbocycles. The van der Waals surface area contributed by atoms with E-state index < -0.39 is 0 Å². The molecule has 2 heteroatoms.